The Labute approximate surface area is 630 Å². The van der Waals surface area contributed by atoms with Crippen LogP contribution >= 0.6 is 63.7 Å². The van der Waals surface area contributed by atoms with Gasteiger partial charge in [0.2, 0.25) is 0 Å². The number of hydrogen-bond donors (Lipinski definition) is 0. The van der Waals surface area contributed by atoms with Gasteiger partial charge >= 0.3 is 0 Å². The summed E-state index contributed by atoms with van der Waals surface area (Å²) < 4.78 is 9.11. The van der Waals surface area contributed by atoms with Crippen molar-refractivity contribution in [2.45, 2.75) is 184 Å². The second-order valence-electron chi connectivity index (χ2n) is 22.4. The van der Waals surface area contributed by atoms with Crippen molar-refractivity contribution in [1.29, 1.82) is 0 Å². The largest absolute Gasteiger partial charge is 1.00 e. The highest BCUT2D eigenvalue weighted by Gasteiger charge is 2.10. The highest BCUT2D eigenvalue weighted by molar-refractivity contribution is 9.09. The first kappa shape index (κ1) is 85.4. The zero-order valence-electron chi connectivity index (χ0n) is 55.0. The fourth-order valence-electron chi connectivity index (χ4n) is 9.80. The van der Waals surface area contributed by atoms with Crippen molar-refractivity contribution >= 4 is 63.7 Å². The number of nitrogens with zero attached hydrogens (tertiary/aromatic N) is 4. The molecule has 4 nitrogen and oxygen atoms in total. The first-order valence-electron chi connectivity index (χ1n) is 31.2. The van der Waals surface area contributed by atoms with Gasteiger partial charge in [0.25, 0.3) is 0 Å². The molecule has 484 valence electrons. The summed E-state index contributed by atoms with van der Waals surface area (Å²) in [6.07, 6.45) is 32.4. The molecule has 0 amide bonds. The van der Waals surface area contributed by atoms with Crippen LogP contribution in [-0.4, -0.2) is 21.3 Å². The molecular weight excluding hydrogens is 1660 g/mol. The lowest BCUT2D eigenvalue weighted by Gasteiger charge is -2.04. The molecule has 0 aliphatic carbocycles. The highest BCUT2D eigenvalue weighted by atomic mass is 79.9. The van der Waals surface area contributed by atoms with Crippen LogP contribution in [0.5, 0.6) is 0 Å². The molecule has 0 radical (unpaired) electrons. The quantitative estimate of drug-likeness (QED) is 0.0466. The maximum Gasteiger partial charge on any atom is 0.171 e. The molecule has 0 aliphatic rings. The molecule has 0 saturated heterocycles. The Hall–Kier alpha value is -4.64. The fourth-order valence-corrected chi connectivity index (χ4v) is 10.9. The molecule has 0 spiro atoms. The molecule has 0 atom stereocenters. The van der Waals surface area contributed by atoms with Gasteiger partial charge in [0, 0.05) is 187 Å². The number of rotatable bonds is 20. The summed E-state index contributed by atoms with van der Waals surface area (Å²) in [5.74, 6) is 54.4. The molecule has 0 aliphatic heterocycles. The first-order valence-corrected chi connectivity index (χ1v) is 35.6. The lowest BCUT2D eigenvalue weighted by atomic mass is 9.98. The van der Waals surface area contributed by atoms with Gasteiger partial charge in [0.1, 0.15) is 26.2 Å². The van der Waals surface area contributed by atoms with Gasteiger partial charge in [0.05, 0.1) is 0 Å². The Bertz CT molecular complexity index is 3260. The summed E-state index contributed by atoms with van der Waals surface area (Å²) in [7, 11) is 0. The van der Waals surface area contributed by atoms with Crippen LogP contribution < -0.4 is 86.2 Å². The molecular formula is C80H88Br8N4. The van der Waals surface area contributed by atoms with Crippen LogP contribution in [0.1, 0.15) is 192 Å². The van der Waals surface area contributed by atoms with E-state index in [2.05, 4.69) is 330 Å². The number of alkyl halides is 4. The van der Waals surface area contributed by atoms with E-state index >= 15 is 0 Å². The normalized spacial score (nSPS) is 9.52. The van der Waals surface area contributed by atoms with Gasteiger partial charge in [-0.1, -0.05) is 158 Å². The Balaban J connectivity index is 0.00000106. The van der Waals surface area contributed by atoms with Gasteiger partial charge in [-0.05, 0) is 130 Å². The lowest BCUT2D eigenvalue weighted by Crippen LogP contribution is -3.00. The Morgan fingerprint density at radius 2 is 0.370 bits per heavy atom. The Morgan fingerprint density at radius 3 is 0.511 bits per heavy atom. The van der Waals surface area contributed by atoms with Gasteiger partial charge in [-0.25, -0.2) is 18.3 Å². The third-order valence-electron chi connectivity index (χ3n) is 13.5. The summed E-state index contributed by atoms with van der Waals surface area (Å²) in [5, 5.41) is 3.87. The molecule has 6 rings (SSSR count). The minimum absolute atomic E-state index is 0. The number of halogens is 8. The second kappa shape index (κ2) is 50.7. The van der Waals surface area contributed by atoms with Crippen LogP contribution in [-0.2, 0) is 26.2 Å². The summed E-state index contributed by atoms with van der Waals surface area (Å²) >= 11 is 13.9. The number of hydrogen-bond acceptors (Lipinski definition) is 0. The van der Waals surface area contributed by atoms with Crippen molar-refractivity contribution in [3.8, 4) is 94.7 Å². The molecule has 0 N–H and O–H groups in total. The third-order valence-corrected chi connectivity index (χ3v) is 15.7. The van der Waals surface area contributed by atoms with E-state index in [4.69, 9.17) is 0 Å². The van der Waals surface area contributed by atoms with Gasteiger partial charge in [-0.3, -0.25) is 0 Å². The third kappa shape index (κ3) is 35.2. The van der Waals surface area contributed by atoms with Gasteiger partial charge in [0.15, 0.2) is 49.6 Å². The molecule has 0 saturated carbocycles. The minimum Gasteiger partial charge on any atom is -1.00 e. The first-order chi connectivity index (χ1) is 42.7. The van der Waals surface area contributed by atoms with E-state index < -0.39 is 0 Å². The van der Waals surface area contributed by atoms with Crippen LogP contribution in [0.15, 0.2) is 98.1 Å². The highest BCUT2D eigenvalue weighted by Crippen LogP contribution is 2.19. The SMILES string of the molecule is BrCCCC#Cc1cc(C#CCCCBr)c(C#CCCCBr)cc1C#CCCCBr.Cc1cc(C)c[n+](CCCC#Cc2cc(C#CCCC[n+]3cc(C)cc(C)c3)c(C#CCCC[n+]3cc(C)cc(C)c3)cc2C#CCCC[n+]2cc(C)cc(C)c2)c1.[Br-].[Br-].[Br-].[Br-]. The average Bonchev–Trinajstić information content (AvgIpc) is 1.15. The van der Waals surface area contributed by atoms with Gasteiger partial charge in [-0.15, -0.1) is 0 Å². The molecule has 0 bridgehead atoms. The van der Waals surface area contributed by atoms with Crippen LogP contribution in [0.2, 0.25) is 0 Å². The Morgan fingerprint density at radius 1 is 0.228 bits per heavy atom. The van der Waals surface area contributed by atoms with Crippen molar-refractivity contribution in [1.82, 2.24) is 0 Å². The summed E-state index contributed by atoms with van der Waals surface area (Å²) in [5.41, 5.74) is 17.8. The maximum atomic E-state index is 3.52. The topological polar surface area (TPSA) is 15.5 Å². The molecule has 2 aromatic carbocycles. The Kier molecular flexibility index (Phi) is 47.1. The predicted molar refractivity (Wildman–Crippen MR) is 381 cm³/mol. The average molecular weight is 1740 g/mol. The van der Waals surface area contributed by atoms with Gasteiger partial charge < -0.3 is 67.9 Å². The van der Waals surface area contributed by atoms with E-state index in [-0.39, 0.29) is 67.9 Å². The molecule has 12 heteroatoms. The van der Waals surface area contributed by atoms with Gasteiger partial charge in [-0.2, -0.15) is 0 Å². The number of unbranched alkanes of at least 4 members (excludes halogenated alkanes) is 8. The van der Waals surface area contributed by atoms with E-state index in [1.807, 2.05) is 0 Å². The van der Waals surface area contributed by atoms with Crippen LogP contribution in [0.25, 0.3) is 0 Å². The fraction of sp³-hybridized carbons (Fsp3) is 0.400. The number of aromatic nitrogens is 4. The number of pyridine rings is 4. The molecule has 4 aromatic heterocycles. The molecule has 0 fully saturated rings. The monoisotopic (exact) mass is 1740 g/mol. The smallest absolute Gasteiger partial charge is 0.171 e. The van der Waals surface area contributed by atoms with Crippen molar-refractivity contribution in [3.63, 3.8) is 0 Å². The standard InChI is InChI=1S/C54H62N4.C26H26Br4.4BrH/c1-43-29-44(2)36-55(35-43)25-17-9-13-21-51-33-53(23-15-11-19-27-57-39-47(5)31-48(6)40-57)54(24-16-12-20-28-58-41-49(7)32-50(8)42-58)34-52(51)22-14-10-18-26-56-37-45(3)30-46(4)38-56;27-17-9-1-5-13-23-21-25(15-7-3-11-19-29)26(16-8-4-12-20-30)22-24(23)14-6-2-10-18-28;;;;/h29-42H,9-12,17-20,25-28H2,1-8H3;21-22H,1-4,9-12,17-20H2;4*1H/q+4;;;;;/p-4. The van der Waals surface area contributed by atoms with Crippen molar-refractivity contribution in [2.75, 3.05) is 21.3 Å². The molecule has 4 heterocycles. The van der Waals surface area contributed by atoms with Crippen molar-refractivity contribution < 1.29 is 86.2 Å². The van der Waals surface area contributed by atoms with Crippen LogP contribution in [0, 0.1) is 150 Å². The maximum absolute atomic E-state index is 3.52. The predicted octanol–water partition coefficient (Wildman–Crippen LogP) is 4.44. The van der Waals surface area contributed by atoms with Crippen molar-refractivity contribution in [2.24, 2.45) is 0 Å². The van der Waals surface area contributed by atoms with E-state index in [0.717, 1.165) is 195 Å². The lowest BCUT2D eigenvalue weighted by molar-refractivity contribution is -0.697. The second-order valence-corrected chi connectivity index (χ2v) is 25.6. The zero-order chi connectivity index (χ0) is 63.1. The summed E-state index contributed by atoms with van der Waals surface area (Å²) in [4.78, 5) is 0. The van der Waals surface area contributed by atoms with Crippen molar-refractivity contribution in [3.05, 3.63) is 187 Å². The van der Waals surface area contributed by atoms with E-state index in [9.17, 15) is 0 Å². The van der Waals surface area contributed by atoms with E-state index in [0.29, 0.717) is 0 Å². The van der Waals surface area contributed by atoms with Crippen LogP contribution in [0.4, 0.5) is 0 Å². The minimum atomic E-state index is 0. The molecule has 0 unspecified atom stereocenters. The summed E-state index contributed by atoms with van der Waals surface area (Å²) in [6, 6.07) is 17.3. The summed E-state index contributed by atoms with van der Waals surface area (Å²) in [6.45, 7) is 21.0. The molecule has 6 aromatic rings. The van der Waals surface area contributed by atoms with Crippen LogP contribution in [0.3, 0.4) is 0 Å². The zero-order valence-corrected chi connectivity index (χ0v) is 67.7. The number of aryl methyl sites for hydroxylation is 12. The van der Waals surface area contributed by atoms with E-state index in [1.165, 1.54) is 44.5 Å². The van der Waals surface area contributed by atoms with E-state index in [1.54, 1.807) is 0 Å². The molecule has 92 heavy (non-hydrogen) atoms. The number of benzene rings is 2.